The molecule has 238 valence electrons. The molecule has 2 aliphatic carbocycles. The minimum absolute atomic E-state index is 0.0459. The van der Waals surface area contributed by atoms with Crippen LogP contribution in [0.15, 0.2) is 53.4 Å². The first-order valence-electron chi connectivity index (χ1n) is 16.8. The Balaban J connectivity index is 1.01. The Kier molecular flexibility index (Phi) is 8.17. The number of likely N-dealkylation sites (tertiary alicyclic amines) is 1. The largest absolute Gasteiger partial charge is 0.371 e. The van der Waals surface area contributed by atoms with E-state index in [1.165, 1.54) is 36.8 Å². The fourth-order valence-electron chi connectivity index (χ4n) is 9.26. The summed E-state index contributed by atoms with van der Waals surface area (Å²) >= 11 is 0. The number of nitrogens with zero attached hydrogens (tertiary/aromatic N) is 3. The smallest absolute Gasteiger partial charge is 0.314 e. The Morgan fingerprint density at radius 2 is 1.68 bits per heavy atom. The Morgan fingerprint density at radius 1 is 0.955 bits per heavy atom. The molecule has 2 amide bonds. The van der Waals surface area contributed by atoms with E-state index in [-0.39, 0.29) is 22.7 Å². The van der Waals surface area contributed by atoms with E-state index in [2.05, 4.69) is 56.6 Å². The molecule has 0 radical (unpaired) electrons. The van der Waals surface area contributed by atoms with Crippen LogP contribution < -0.4 is 15.5 Å². The average Bonchev–Trinajstić information content (AvgIpc) is 3.78. The molecular formula is C35H49N5O3S. The number of rotatable bonds is 8. The van der Waals surface area contributed by atoms with Gasteiger partial charge in [0.25, 0.3) is 0 Å². The summed E-state index contributed by atoms with van der Waals surface area (Å²) in [7, 11) is 0.864. The second-order valence-electron chi connectivity index (χ2n) is 14.3. The van der Waals surface area contributed by atoms with Gasteiger partial charge >= 0.3 is 6.03 Å². The molecule has 0 spiro atoms. The Labute approximate surface area is 263 Å². The summed E-state index contributed by atoms with van der Waals surface area (Å²) < 4.78 is 25.1. The number of hydrogen-bond acceptors (Lipinski definition) is 6. The van der Waals surface area contributed by atoms with Gasteiger partial charge in [-0.2, -0.15) is 0 Å². The number of carbonyl (C=O) groups excluding carboxylic acids is 1. The number of amides is 2. The molecule has 44 heavy (non-hydrogen) atoms. The Morgan fingerprint density at radius 3 is 2.39 bits per heavy atom. The molecule has 4 fully saturated rings. The maximum absolute atomic E-state index is 12.6. The minimum atomic E-state index is -3.13. The van der Waals surface area contributed by atoms with E-state index in [0.717, 1.165) is 70.8 Å². The summed E-state index contributed by atoms with van der Waals surface area (Å²) in [6.45, 7) is 7.51. The molecule has 0 aromatic heterocycles. The van der Waals surface area contributed by atoms with Gasteiger partial charge in [-0.1, -0.05) is 30.7 Å². The highest BCUT2D eigenvalue weighted by Crippen LogP contribution is 2.53. The zero-order valence-electron chi connectivity index (χ0n) is 26.4. The monoisotopic (exact) mass is 619 g/mol. The van der Waals surface area contributed by atoms with E-state index in [9.17, 15) is 13.2 Å². The summed E-state index contributed by atoms with van der Waals surface area (Å²) in [6.07, 6.45) is 7.39. The van der Waals surface area contributed by atoms with Crippen molar-refractivity contribution in [2.75, 3.05) is 58.3 Å². The van der Waals surface area contributed by atoms with Crippen LogP contribution in [0.2, 0.25) is 0 Å². The van der Waals surface area contributed by atoms with E-state index in [0.29, 0.717) is 22.6 Å². The van der Waals surface area contributed by atoms with Crippen molar-refractivity contribution in [2.45, 2.75) is 73.1 Å². The van der Waals surface area contributed by atoms with Crippen molar-refractivity contribution in [3.05, 3.63) is 59.7 Å². The van der Waals surface area contributed by atoms with E-state index in [4.69, 9.17) is 0 Å². The topological polar surface area (TPSA) is 85.0 Å². The van der Waals surface area contributed by atoms with Gasteiger partial charge in [0.05, 0.1) is 10.1 Å². The highest BCUT2D eigenvalue weighted by atomic mass is 32.2. The van der Waals surface area contributed by atoms with Gasteiger partial charge in [-0.05, 0) is 106 Å². The van der Waals surface area contributed by atoms with Crippen LogP contribution in [0, 0.1) is 17.8 Å². The summed E-state index contributed by atoms with van der Waals surface area (Å²) in [4.78, 5) is 20.6. The van der Waals surface area contributed by atoms with Crippen molar-refractivity contribution in [1.82, 2.24) is 20.4 Å². The fraction of sp³-hybridized carbons (Fsp3) is 0.629. The molecule has 1 unspecified atom stereocenters. The number of urea groups is 1. The molecule has 2 aromatic rings. The predicted molar refractivity (Wildman–Crippen MR) is 175 cm³/mol. The minimum Gasteiger partial charge on any atom is -0.371 e. The zero-order valence-corrected chi connectivity index (χ0v) is 27.2. The first kappa shape index (κ1) is 30.1. The highest BCUT2D eigenvalue weighted by molar-refractivity contribution is 7.92. The van der Waals surface area contributed by atoms with Gasteiger partial charge in [0.1, 0.15) is 0 Å². The van der Waals surface area contributed by atoms with Gasteiger partial charge in [0.15, 0.2) is 9.84 Å². The molecule has 5 aliphatic rings. The van der Waals surface area contributed by atoms with E-state index in [1.807, 2.05) is 12.1 Å². The Bertz CT molecular complexity index is 1450. The molecule has 9 heteroatoms. The second-order valence-corrected chi connectivity index (χ2v) is 16.5. The number of anilines is 1. The predicted octanol–water partition coefficient (Wildman–Crippen LogP) is 4.25. The van der Waals surface area contributed by atoms with Gasteiger partial charge in [-0.25, -0.2) is 13.2 Å². The van der Waals surface area contributed by atoms with Gasteiger partial charge in [0.2, 0.25) is 0 Å². The normalized spacial score (nSPS) is 28.8. The SMILES string of the molecule is CNC(=O)N[C@H]1CCC[C@@H]1C1(C2CCN(CC3CN(c4ccc(S(=O)(=O)C5CC5)cc4)C3)CC2)CN(C)Cc2ccccc21. The van der Waals surface area contributed by atoms with Crippen LogP contribution >= 0.6 is 0 Å². The third kappa shape index (κ3) is 5.53. The molecule has 3 aliphatic heterocycles. The lowest BCUT2D eigenvalue weighted by Crippen LogP contribution is -2.60. The van der Waals surface area contributed by atoms with Crippen molar-refractivity contribution in [3.8, 4) is 0 Å². The Hall–Kier alpha value is -2.62. The van der Waals surface area contributed by atoms with Gasteiger partial charge in [-0.3, -0.25) is 0 Å². The molecule has 2 aromatic carbocycles. The quantitative estimate of drug-likeness (QED) is 0.460. The molecule has 2 saturated heterocycles. The number of hydrogen-bond donors (Lipinski definition) is 2. The van der Waals surface area contributed by atoms with Crippen LogP contribution in [0.3, 0.4) is 0 Å². The highest BCUT2D eigenvalue weighted by Gasteiger charge is 2.54. The third-order valence-corrected chi connectivity index (χ3v) is 13.8. The number of sulfone groups is 1. The number of piperidine rings is 1. The van der Waals surface area contributed by atoms with Crippen molar-refractivity contribution in [1.29, 1.82) is 0 Å². The van der Waals surface area contributed by atoms with Crippen molar-refractivity contribution < 1.29 is 13.2 Å². The molecule has 3 heterocycles. The van der Waals surface area contributed by atoms with Crippen LogP contribution in [0.4, 0.5) is 10.5 Å². The van der Waals surface area contributed by atoms with E-state index < -0.39 is 9.84 Å². The number of likely N-dealkylation sites (N-methyl/N-ethyl adjacent to an activating group) is 1. The summed E-state index contributed by atoms with van der Waals surface area (Å²) in [5.41, 5.74) is 4.18. The summed E-state index contributed by atoms with van der Waals surface area (Å²) in [5, 5.41) is 6.00. The van der Waals surface area contributed by atoms with Gasteiger partial charge in [-0.15, -0.1) is 0 Å². The number of benzene rings is 2. The molecule has 3 atom stereocenters. The van der Waals surface area contributed by atoms with Crippen LogP contribution in [-0.2, 0) is 21.8 Å². The lowest BCUT2D eigenvalue weighted by atomic mass is 9.56. The van der Waals surface area contributed by atoms with Gasteiger partial charge < -0.3 is 25.3 Å². The molecule has 0 bridgehead atoms. The van der Waals surface area contributed by atoms with Crippen molar-refractivity contribution in [2.24, 2.45) is 17.8 Å². The molecule has 2 N–H and O–H groups in total. The molecule has 8 nitrogen and oxygen atoms in total. The first-order valence-corrected chi connectivity index (χ1v) is 18.4. The fourth-order valence-corrected chi connectivity index (χ4v) is 10.9. The maximum atomic E-state index is 12.6. The standard InChI is InChI=1S/C35H49N5O3S/c1-36-34(41)37-33-9-5-8-32(33)35(24-38(2)23-26-6-3-4-7-31(26)35)27-16-18-39(19-17-27)20-25-21-40(22-25)28-10-12-29(13-11-28)44(42,43)30-14-15-30/h3-4,6-7,10-13,25,27,30,32-33H,5,8-9,14-24H2,1-2H3,(H2,36,37,41)/t32-,33-,35?/m0/s1. The second kappa shape index (κ2) is 12.0. The van der Waals surface area contributed by atoms with Crippen LogP contribution in [-0.4, -0.2) is 88.9 Å². The number of fused-ring (bicyclic) bond motifs is 1. The van der Waals surface area contributed by atoms with E-state index in [1.54, 1.807) is 19.2 Å². The average molecular weight is 620 g/mol. The van der Waals surface area contributed by atoms with Gasteiger partial charge in [0, 0.05) is 62.8 Å². The van der Waals surface area contributed by atoms with E-state index >= 15 is 0 Å². The summed E-state index contributed by atoms with van der Waals surface area (Å²) in [5.74, 6) is 1.67. The van der Waals surface area contributed by atoms with Crippen LogP contribution in [0.1, 0.15) is 56.1 Å². The number of carbonyl (C=O) groups is 1. The zero-order chi connectivity index (χ0) is 30.5. The number of nitrogens with one attached hydrogen (secondary N) is 2. The third-order valence-electron chi connectivity index (χ3n) is 11.5. The molecule has 2 saturated carbocycles. The molecular weight excluding hydrogens is 570 g/mol. The van der Waals surface area contributed by atoms with Crippen LogP contribution in [0.5, 0.6) is 0 Å². The first-order chi connectivity index (χ1) is 21.3. The van der Waals surface area contributed by atoms with Crippen molar-refractivity contribution >= 4 is 21.6 Å². The molecule has 7 rings (SSSR count). The lowest BCUT2D eigenvalue weighted by molar-refractivity contribution is 0.0347. The summed E-state index contributed by atoms with van der Waals surface area (Å²) in [6, 6.07) is 16.9. The van der Waals surface area contributed by atoms with Crippen LogP contribution in [0.25, 0.3) is 0 Å². The lowest BCUT2D eigenvalue weighted by Gasteiger charge is -2.55. The maximum Gasteiger partial charge on any atom is 0.314 e. The van der Waals surface area contributed by atoms with Crippen molar-refractivity contribution in [3.63, 3.8) is 0 Å².